The summed E-state index contributed by atoms with van der Waals surface area (Å²) in [6.07, 6.45) is 10.1. The van der Waals surface area contributed by atoms with Crippen molar-refractivity contribution in [2.75, 3.05) is 31.6 Å². The molecule has 6 rings (SSSR count). The van der Waals surface area contributed by atoms with Crippen molar-refractivity contribution < 1.29 is 4.74 Å². The summed E-state index contributed by atoms with van der Waals surface area (Å²) in [6.45, 7) is 5.72. The maximum Gasteiger partial charge on any atom is 0.259 e. The molecule has 8 nitrogen and oxygen atoms in total. The van der Waals surface area contributed by atoms with E-state index in [4.69, 9.17) is 9.72 Å². The van der Waals surface area contributed by atoms with Crippen LogP contribution in [0.15, 0.2) is 59.8 Å². The highest BCUT2D eigenvalue weighted by Gasteiger charge is 2.27. The van der Waals surface area contributed by atoms with E-state index >= 15 is 0 Å². The first-order valence-electron chi connectivity index (χ1n) is 13.1. The molecule has 1 aliphatic heterocycles. The number of nitrogens with zero attached hydrogens (tertiary/aromatic N) is 4. The molecule has 0 radical (unpaired) electrons. The first kappa shape index (κ1) is 23.8. The summed E-state index contributed by atoms with van der Waals surface area (Å²) in [6, 6.07) is 13.1. The highest BCUT2D eigenvalue weighted by Crippen LogP contribution is 2.36. The normalized spacial score (nSPS) is 20.7. The summed E-state index contributed by atoms with van der Waals surface area (Å²) in [4.78, 5) is 31.5. The maximum atomic E-state index is 12.7. The van der Waals surface area contributed by atoms with Crippen molar-refractivity contribution in [1.82, 2.24) is 24.8 Å². The van der Waals surface area contributed by atoms with Crippen molar-refractivity contribution in [2.45, 2.75) is 44.6 Å². The Balaban J connectivity index is 1.21. The molecule has 0 spiro atoms. The molecular weight excluding hydrogens is 464 g/mol. The van der Waals surface area contributed by atoms with Crippen LogP contribution in [-0.4, -0.2) is 57.2 Å². The van der Waals surface area contributed by atoms with E-state index in [1.807, 2.05) is 19.1 Å². The second-order valence-electron chi connectivity index (χ2n) is 10.0. The largest absolute Gasteiger partial charge is 0.379 e. The van der Waals surface area contributed by atoms with Crippen molar-refractivity contribution in [3.05, 3.63) is 76.7 Å². The molecule has 37 heavy (non-hydrogen) atoms. The Hall–Kier alpha value is -3.62. The van der Waals surface area contributed by atoms with Crippen molar-refractivity contribution in [3.63, 3.8) is 0 Å². The number of nitrogens with one attached hydrogen (secondary N) is 2. The molecule has 1 aromatic carbocycles. The number of rotatable bonds is 5. The number of H-pyrrole nitrogens is 1. The monoisotopic (exact) mass is 496 g/mol. The first-order chi connectivity index (χ1) is 18.1. The molecule has 2 N–H and O–H groups in total. The van der Waals surface area contributed by atoms with Gasteiger partial charge in [0.1, 0.15) is 11.6 Å². The van der Waals surface area contributed by atoms with Gasteiger partial charge < -0.3 is 15.0 Å². The Morgan fingerprint density at radius 2 is 1.73 bits per heavy atom. The summed E-state index contributed by atoms with van der Waals surface area (Å²) in [5.74, 6) is 1.82. The first-order valence-corrected chi connectivity index (χ1v) is 13.1. The highest BCUT2D eigenvalue weighted by molar-refractivity contribution is 5.95. The van der Waals surface area contributed by atoms with Crippen LogP contribution in [0.4, 0.5) is 11.5 Å². The second-order valence-corrected chi connectivity index (χ2v) is 10.0. The van der Waals surface area contributed by atoms with Gasteiger partial charge in [-0.15, -0.1) is 0 Å². The smallest absolute Gasteiger partial charge is 0.259 e. The minimum Gasteiger partial charge on any atom is -0.379 e. The van der Waals surface area contributed by atoms with Crippen LogP contribution in [0.3, 0.4) is 0 Å². The summed E-state index contributed by atoms with van der Waals surface area (Å²) in [5.41, 5.74) is 3.63. The molecule has 1 saturated carbocycles. The molecule has 0 amide bonds. The van der Waals surface area contributed by atoms with E-state index in [0.29, 0.717) is 34.7 Å². The zero-order valence-electron chi connectivity index (χ0n) is 21.1. The van der Waals surface area contributed by atoms with Gasteiger partial charge in [0.15, 0.2) is 0 Å². The van der Waals surface area contributed by atoms with Crippen LogP contribution in [0.25, 0.3) is 22.0 Å². The quantitative estimate of drug-likeness (QED) is 0.410. The third-order valence-corrected chi connectivity index (χ3v) is 7.73. The number of morpholine rings is 1. The zero-order valence-corrected chi connectivity index (χ0v) is 21.1. The highest BCUT2D eigenvalue weighted by atomic mass is 16.5. The number of fused-ring (bicyclic) bond motifs is 1. The predicted octanol–water partition coefficient (Wildman–Crippen LogP) is 4.79. The van der Waals surface area contributed by atoms with E-state index in [9.17, 15) is 4.79 Å². The summed E-state index contributed by atoms with van der Waals surface area (Å²) >= 11 is 0. The molecular formula is C29H32N6O2. The number of aryl methyl sites for hydroxylation is 1. The standard InChI is InChI=1S/C29H32N6O2/c1-19-31-17-23(18-32-19)26-16-22-10-11-30-29(36)27(22)28(34-26)33-24-6-2-20(3-7-24)21-4-8-25(9-5-21)35-12-14-37-15-13-35/h2-3,6-7,10-11,16-18,21,25H,4-5,8-9,12-15H2,1H3,(H,30,36)(H,33,34)/t21-,25+. The number of anilines is 2. The second kappa shape index (κ2) is 10.4. The number of aromatic nitrogens is 4. The van der Waals surface area contributed by atoms with Gasteiger partial charge in [-0.05, 0) is 73.7 Å². The number of pyridine rings is 2. The third-order valence-electron chi connectivity index (χ3n) is 7.73. The lowest BCUT2D eigenvalue weighted by Gasteiger charge is -2.38. The molecule has 2 fully saturated rings. The Morgan fingerprint density at radius 3 is 2.46 bits per heavy atom. The van der Waals surface area contributed by atoms with E-state index in [1.165, 1.54) is 31.2 Å². The molecule has 190 valence electrons. The van der Waals surface area contributed by atoms with Crippen LogP contribution in [-0.2, 0) is 4.74 Å². The fraction of sp³-hybridized carbons (Fsp3) is 0.379. The number of aromatic amines is 1. The Labute approximate surface area is 216 Å². The molecule has 4 heterocycles. The van der Waals surface area contributed by atoms with Gasteiger partial charge in [0.05, 0.1) is 24.3 Å². The van der Waals surface area contributed by atoms with Crippen LogP contribution in [0.5, 0.6) is 0 Å². The predicted molar refractivity (Wildman–Crippen MR) is 145 cm³/mol. The van der Waals surface area contributed by atoms with Crippen molar-refractivity contribution in [2.24, 2.45) is 0 Å². The Kier molecular flexibility index (Phi) is 6.68. The van der Waals surface area contributed by atoms with Crippen molar-refractivity contribution >= 4 is 22.3 Å². The number of benzene rings is 1. The van der Waals surface area contributed by atoms with Gasteiger partial charge in [0.2, 0.25) is 0 Å². The van der Waals surface area contributed by atoms with Gasteiger partial charge in [-0.2, -0.15) is 0 Å². The SMILES string of the molecule is Cc1ncc(-c2cc3cc[nH]c(=O)c3c(Nc3ccc([C@H]4CC[C@@H](N5CCOCC5)CC4)cc3)n2)cn1. The van der Waals surface area contributed by atoms with E-state index in [0.717, 1.165) is 42.9 Å². The minimum absolute atomic E-state index is 0.173. The number of hydrogen-bond acceptors (Lipinski definition) is 7. The molecule has 0 bridgehead atoms. The maximum absolute atomic E-state index is 12.7. The van der Waals surface area contributed by atoms with E-state index in [1.54, 1.807) is 18.6 Å². The molecule has 1 saturated heterocycles. The lowest BCUT2D eigenvalue weighted by Crippen LogP contribution is -2.44. The summed E-state index contributed by atoms with van der Waals surface area (Å²) < 4.78 is 5.52. The zero-order chi connectivity index (χ0) is 25.2. The average Bonchev–Trinajstić information content (AvgIpc) is 2.94. The topological polar surface area (TPSA) is 96.0 Å². The van der Waals surface area contributed by atoms with E-state index in [-0.39, 0.29) is 5.56 Å². The fourth-order valence-corrected chi connectivity index (χ4v) is 5.67. The minimum atomic E-state index is -0.173. The van der Waals surface area contributed by atoms with Gasteiger partial charge in [-0.1, -0.05) is 12.1 Å². The molecule has 3 aromatic heterocycles. The van der Waals surface area contributed by atoms with Crippen LogP contribution in [0.1, 0.15) is 43.0 Å². The van der Waals surface area contributed by atoms with E-state index in [2.05, 4.69) is 49.4 Å². The van der Waals surface area contributed by atoms with Crippen molar-refractivity contribution in [3.8, 4) is 11.3 Å². The molecule has 1 aliphatic carbocycles. The van der Waals surface area contributed by atoms with Gasteiger partial charge in [-0.3, -0.25) is 9.69 Å². The Morgan fingerprint density at radius 1 is 1.00 bits per heavy atom. The molecule has 4 aromatic rings. The summed E-state index contributed by atoms with van der Waals surface area (Å²) in [5, 5.41) is 4.74. The van der Waals surface area contributed by atoms with Crippen LogP contribution >= 0.6 is 0 Å². The van der Waals surface area contributed by atoms with Crippen LogP contribution < -0.4 is 10.9 Å². The van der Waals surface area contributed by atoms with E-state index < -0.39 is 0 Å². The van der Waals surface area contributed by atoms with Crippen LogP contribution in [0.2, 0.25) is 0 Å². The van der Waals surface area contributed by atoms with Gasteiger partial charge in [-0.25, -0.2) is 15.0 Å². The molecule has 2 aliphatic rings. The fourth-order valence-electron chi connectivity index (χ4n) is 5.67. The third kappa shape index (κ3) is 5.12. The molecule has 0 atom stereocenters. The Bertz CT molecular complexity index is 1420. The summed E-state index contributed by atoms with van der Waals surface area (Å²) in [7, 11) is 0. The lowest BCUT2D eigenvalue weighted by atomic mass is 9.81. The number of hydrogen-bond donors (Lipinski definition) is 2. The van der Waals surface area contributed by atoms with Gasteiger partial charge >= 0.3 is 0 Å². The number of ether oxygens (including phenoxy) is 1. The average molecular weight is 497 g/mol. The van der Waals surface area contributed by atoms with Gasteiger partial charge in [0, 0.05) is 49.0 Å². The lowest BCUT2D eigenvalue weighted by molar-refractivity contribution is 0.00730. The van der Waals surface area contributed by atoms with Crippen molar-refractivity contribution in [1.29, 1.82) is 0 Å². The van der Waals surface area contributed by atoms with Gasteiger partial charge in [0.25, 0.3) is 5.56 Å². The van der Waals surface area contributed by atoms with Crippen LogP contribution in [0, 0.1) is 6.92 Å². The molecule has 0 unspecified atom stereocenters. The molecule has 8 heteroatoms.